The fourth-order valence-electron chi connectivity index (χ4n) is 1.67. The summed E-state index contributed by atoms with van der Waals surface area (Å²) < 4.78 is 0. The van der Waals surface area contributed by atoms with Crippen molar-refractivity contribution in [3.8, 4) is 0 Å². The molecule has 1 aliphatic carbocycles. The standard InChI is InChI=1S/C12H10O4/c13-10(11(14)12(15)16)9-4-2-1-3-8(9)7-5-6-7/h1-4,7H,5-6H2,(H,15,16). The smallest absolute Gasteiger partial charge is 0.380 e. The molecule has 1 aromatic rings. The van der Waals surface area contributed by atoms with Gasteiger partial charge >= 0.3 is 11.8 Å². The molecule has 1 aliphatic rings. The summed E-state index contributed by atoms with van der Waals surface area (Å²) in [6, 6.07) is 6.71. The van der Waals surface area contributed by atoms with E-state index in [0.717, 1.165) is 18.4 Å². The fraction of sp³-hybridized carbons (Fsp3) is 0.250. The third kappa shape index (κ3) is 1.86. The Bertz CT molecular complexity index is 472. The number of hydrogen-bond acceptors (Lipinski definition) is 3. The van der Waals surface area contributed by atoms with E-state index < -0.39 is 17.5 Å². The van der Waals surface area contributed by atoms with Crippen LogP contribution in [0, 0.1) is 0 Å². The zero-order valence-electron chi connectivity index (χ0n) is 8.47. The molecule has 1 saturated carbocycles. The molecule has 4 nitrogen and oxygen atoms in total. The lowest BCUT2D eigenvalue weighted by molar-refractivity contribution is -0.146. The van der Waals surface area contributed by atoms with Gasteiger partial charge in [-0.2, -0.15) is 0 Å². The Morgan fingerprint density at radius 2 is 1.75 bits per heavy atom. The number of benzene rings is 1. The summed E-state index contributed by atoms with van der Waals surface area (Å²) in [6.45, 7) is 0. The van der Waals surface area contributed by atoms with E-state index in [1.54, 1.807) is 18.2 Å². The average Bonchev–Trinajstić information content (AvgIpc) is 3.11. The molecule has 0 bridgehead atoms. The predicted octanol–water partition coefficient (Wildman–Crippen LogP) is 1.40. The van der Waals surface area contributed by atoms with Gasteiger partial charge in [0.05, 0.1) is 0 Å². The van der Waals surface area contributed by atoms with Crippen LogP contribution in [-0.4, -0.2) is 22.6 Å². The Morgan fingerprint density at radius 3 is 2.31 bits per heavy atom. The molecule has 1 fully saturated rings. The molecule has 0 unspecified atom stereocenters. The van der Waals surface area contributed by atoms with Gasteiger partial charge in [0.25, 0.3) is 0 Å². The minimum atomic E-state index is -1.70. The topological polar surface area (TPSA) is 71.4 Å². The summed E-state index contributed by atoms with van der Waals surface area (Å²) in [4.78, 5) is 33.1. The molecule has 1 N–H and O–H groups in total. The minimum absolute atomic E-state index is 0.234. The van der Waals surface area contributed by atoms with Crippen LogP contribution in [0.5, 0.6) is 0 Å². The quantitative estimate of drug-likeness (QED) is 0.471. The van der Waals surface area contributed by atoms with Crippen LogP contribution in [0.15, 0.2) is 24.3 Å². The van der Waals surface area contributed by atoms with E-state index in [-0.39, 0.29) is 5.56 Å². The van der Waals surface area contributed by atoms with Gasteiger partial charge in [0, 0.05) is 5.56 Å². The van der Waals surface area contributed by atoms with E-state index in [2.05, 4.69) is 0 Å². The largest absolute Gasteiger partial charge is 0.475 e. The summed E-state index contributed by atoms with van der Waals surface area (Å²) in [5, 5.41) is 8.49. The van der Waals surface area contributed by atoms with Crippen LogP contribution in [0.1, 0.15) is 34.7 Å². The Labute approximate surface area is 91.9 Å². The maximum atomic E-state index is 11.6. The molecule has 0 aromatic heterocycles. The number of ketones is 2. The van der Waals surface area contributed by atoms with E-state index in [1.165, 1.54) is 6.07 Å². The highest BCUT2D eigenvalue weighted by Crippen LogP contribution is 2.41. The summed E-state index contributed by atoms with van der Waals surface area (Å²) in [5.41, 5.74) is 1.03. The van der Waals surface area contributed by atoms with Crippen LogP contribution >= 0.6 is 0 Å². The van der Waals surface area contributed by atoms with E-state index in [4.69, 9.17) is 5.11 Å². The van der Waals surface area contributed by atoms with E-state index in [0.29, 0.717) is 5.92 Å². The van der Waals surface area contributed by atoms with Crippen LogP contribution in [0.25, 0.3) is 0 Å². The number of aliphatic carboxylic acids is 1. The van der Waals surface area contributed by atoms with Crippen LogP contribution in [-0.2, 0) is 9.59 Å². The number of carbonyl (C=O) groups is 3. The first-order valence-electron chi connectivity index (χ1n) is 5.02. The van der Waals surface area contributed by atoms with Gasteiger partial charge in [0.1, 0.15) is 0 Å². The molecule has 0 heterocycles. The minimum Gasteiger partial charge on any atom is -0.475 e. The Morgan fingerprint density at radius 1 is 1.12 bits per heavy atom. The van der Waals surface area contributed by atoms with Gasteiger partial charge in [-0.05, 0) is 24.3 Å². The maximum Gasteiger partial charge on any atom is 0.380 e. The second-order valence-corrected chi connectivity index (χ2v) is 3.82. The van der Waals surface area contributed by atoms with Crippen molar-refractivity contribution in [2.45, 2.75) is 18.8 Å². The van der Waals surface area contributed by atoms with Crippen molar-refractivity contribution in [3.05, 3.63) is 35.4 Å². The van der Waals surface area contributed by atoms with Gasteiger partial charge in [0.2, 0.25) is 5.78 Å². The molecule has 16 heavy (non-hydrogen) atoms. The number of carboxylic acid groups (broad SMARTS) is 1. The maximum absolute atomic E-state index is 11.6. The molecule has 0 aliphatic heterocycles. The van der Waals surface area contributed by atoms with Crippen molar-refractivity contribution in [2.75, 3.05) is 0 Å². The fourth-order valence-corrected chi connectivity index (χ4v) is 1.67. The first-order chi connectivity index (χ1) is 7.61. The third-order valence-electron chi connectivity index (χ3n) is 2.62. The first kappa shape index (κ1) is 10.5. The van der Waals surface area contributed by atoms with Crippen molar-refractivity contribution in [3.63, 3.8) is 0 Å². The van der Waals surface area contributed by atoms with Gasteiger partial charge in [-0.25, -0.2) is 4.79 Å². The Balaban J connectivity index is 2.36. The number of hydrogen-bond donors (Lipinski definition) is 1. The second kappa shape index (κ2) is 3.89. The highest BCUT2D eigenvalue weighted by molar-refractivity contribution is 6.65. The zero-order valence-corrected chi connectivity index (χ0v) is 8.47. The predicted molar refractivity (Wildman–Crippen MR) is 55.4 cm³/mol. The molecule has 4 heteroatoms. The summed E-state index contributed by atoms with van der Waals surface area (Å²) >= 11 is 0. The van der Waals surface area contributed by atoms with Gasteiger partial charge in [-0.1, -0.05) is 24.3 Å². The molecule has 0 radical (unpaired) electrons. The third-order valence-corrected chi connectivity index (χ3v) is 2.62. The SMILES string of the molecule is O=C(O)C(=O)C(=O)c1ccccc1C1CC1. The lowest BCUT2D eigenvalue weighted by Crippen LogP contribution is -2.24. The summed E-state index contributed by atoms with van der Waals surface area (Å²) in [5.74, 6) is -3.68. The van der Waals surface area contributed by atoms with Crippen LogP contribution in [0.2, 0.25) is 0 Å². The second-order valence-electron chi connectivity index (χ2n) is 3.82. The molecule has 0 saturated heterocycles. The molecule has 0 spiro atoms. The zero-order chi connectivity index (χ0) is 11.7. The molecule has 2 rings (SSSR count). The number of Topliss-reactive ketones (excluding diaryl/α,β-unsaturated/α-hetero) is 2. The van der Waals surface area contributed by atoms with Gasteiger partial charge in [-0.3, -0.25) is 9.59 Å². The first-order valence-corrected chi connectivity index (χ1v) is 5.02. The summed E-state index contributed by atoms with van der Waals surface area (Å²) in [7, 11) is 0. The van der Waals surface area contributed by atoms with Crippen molar-refractivity contribution >= 4 is 17.5 Å². The average molecular weight is 218 g/mol. The van der Waals surface area contributed by atoms with Crippen molar-refractivity contribution in [1.82, 2.24) is 0 Å². The number of carboxylic acids is 1. The van der Waals surface area contributed by atoms with Crippen LogP contribution < -0.4 is 0 Å². The van der Waals surface area contributed by atoms with Crippen LogP contribution in [0.3, 0.4) is 0 Å². The van der Waals surface area contributed by atoms with E-state index >= 15 is 0 Å². The monoisotopic (exact) mass is 218 g/mol. The van der Waals surface area contributed by atoms with Crippen LogP contribution in [0.4, 0.5) is 0 Å². The van der Waals surface area contributed by atoms with Gasteiger partial charge in [0.15, 0.2) is 0 Å². The molecule has 1 aromatic carbocycles. The molecular weight excluding hydrogens is 208 g/mol. The Kier molecular flexibility index (Phi) is 2.56. The Hall–Kier alpha value is -1.97. The lowest BCUT2D eigenvalue weighted by atomic mass is 9.98. The normalized spacial score (nSPS) is 14.5. The van der Waals surface area contributed by atoms with Crippen molar-refractivity contribution in [2.24, 2.45) is 0 Å². The molecule has 0 amide bonds. The molecule has 0 atom stereocenters. The van der Waals surface area contributed by atoms with E-state index in [1.807, 2.05) is 0 Å². The number of carbonyl (C=O) groups excluding carboxylic acids is 2. The number of rotatable bonds is 4. The van der Waals surface area contributed by atoms with E-state index in [9.17, 15) is 14.4 Å². The van der Waals surface area contributed by atoms with Crippen molar-refractivity contribution in [1.29, 1.82) is 0 Å². The van der Waals surface area contributed by atoms with Crippen molar-refractivity contribution < 1.29 is 19.5 Å². The van der Waals surface area contributed by atoms with Gasteiger partial charge in [-0.15, -0.1) is 0 Å². The molecule has 82 valence electrons. The lowest BCUT2D eigenvalue weighted by Gasteiger charge is -2.04. The highest BCUT2D eigenvalue weighted by atomic mass is 16.4. The molecular formula is C12H10O4. The van der Waals surface area contributed by atoms with Gasteiger partial charge < -0.3 is 5.11 Å². The summed E-state index contributed by atoms with van der Waals surface area (Å²) in [6.07, 6.45) is 1.98. The highest BCUT2D eigenvalue weighted by Gasteiger charge is 2.31.